The molecule has 80 valence electrons. The summed E-state index contributed by atoms with van der Waals surface area (Å²) >= 11 is 0. The van der Waals surface area contributed by atoms with Crippen LogP contribution in [-0.2, 0) is 4.79 Å². The highest BCUT2D eigenvalue weighted by molar-refractivity contribution is 5.93. The maximum atomic E-state index is 11.7. The minimum Gasteiger partial charge on any atom is -0.386 e. The number of hydrogen-bond donors (Lipinski definition) is 1. The molecule has 1 fully saturated rings. The zero-order valence-electron chi connectivity index (χ0n) is 9.21. The summed E-state index contributed by atoms with van der Waals surface area (Å²) in [7, 11) is 0. The first-order valence-corrected chi connectivity index (χ1v) is 5.21. The van der Waals surface area contributed by atoms with Gasteiger partial charge in [0.05, 0.1) is 18.7 Å². The summed E-state index contributed by atoms with van der Waals surface area (Å²) in [5.74, 6) is 0.0602. The Morgan fingerprint density at radius 2 is 2.07 bits per heavy atom. The van der Waals surface area contributed by atoms with Crippen molar-refractivity contribution in [1.82, 2.24) is 4.90 Å². The number of β-amino-alcohol motifs (C(OH)–C–C–N with tert-alkyl or cyclic N) is 1. The summed E-state index contributed by atoms with van der Waals surface area (Å²) in [6.45, 7) is 6.75. The average molecular weight is 197 g/mol. The molecule has 1 rings (SSSR count). The van der Waals surface area contributed by atoms with E-state index in [4.69, 9.17) is 0 Å². The Hall–Kier alpha value is -0.830. The van der Waals surface area contributed by atoms with E-state index in [-0.39, 0.29) is 5.91 Å². The molecule has 0 aromatic rings. The van der Waals surface area contributed by atoms with Crippen molar-refractivity contribution in [3.8, 4) is 0 Å². The Morgan fingerprint density at radius 1 is 1.50 bits per heavy atom. The number of carbonyl (C=O) groups is 1. The van der Waals surface area contributed by atoms with Gasteiger partial charge in [0.25, 0.3) is 0 Å². The Bertz CT molecular complexity index is 252. The lowest BCUT2D eigenvalue weighted by Gasteiger charge is -2.46. The van der Waals surface area contributed by atoms with Crippen molar-refractivity contribution in [3.05, 3.63) is 11.6 Å². The van der Waals surface area contributed by atoms with E-state index in [0.717, 1.165) is 12.0 Å². The van der Waals surface area contributed by atoms with Crippen LogP contribution in [0.4, 0.5) is 0 Å². The molecule has 0 atom stereocenters. The van der Waals surface area contributed by atoms with Gasteiger partial charge in [-0.2, -0.15) is 0 Å². The summed E-state index contributed by atoms with van der Waals surface area (Å²) in [4.78, 5) is 13.4. The molecule has 1 heterocycles. The second-order valence-corrected chi connectivity index (χ2v) is 4.03. The maximum absolute atomic E-state index is 11.7. The molecule has 0 aromatic heterocycles. The van der Waals surface area contributed by atoms with E-state index in [1.54, 1.807) is 4.90 Å². The predicted octanol–water partition coefficient (Wildman–Crippen LogP) is 1.33. The number of aliphatic hydroxyl groups is 1. The molecule has 0 spiro atoms. The fourth-order valence-corrected chi connectivity index (χ4v) is 1.67. The van der Waals surface area contributed by atoms with E-state index in [9.17, 15) is 9.90 Å². The fourth-order valence-electron chi connectivity index (χ4n) is 1.67. The molecule has 1 aliphatic heterocycles. The zero-order chi connectivity index (χ0) is 10.8. The van der Waals surface area contributed by atoms with Crippen molar-refractivity contribution >= 4 is 5.91 Å². The third-order valence-electron chi connectivity index (χ3n) is 2.76. The highest BCUT2D eigenvalue weighted by Gasteiger charge is 2.41. The molecule has 1 aliphatic rings. The van der Waals surface area contributed by atoms with Crippen molar-refractivity contribution in [2.45, 2.75) is 39.2 Å². The first-order valence-electron chi connectivity index (χ1n) is 5.21. The van der Waals surface area contributed by atoms with Crippen molar-refractivity contribution < 1.29 is 9.90 Å². The van der Waals surface area contributed by atoms with Crippen LogP contribution in [0.1, 0.15) is 33.6 Å². The van der Waals surface area contributed by atoms with E-state index >= 15 is 0 Å². The molecular weight excluding hydrogens is 178 g/mol. The van der Waals surface area contributed by atoms with Gasteiger partial charge in [0.15, 0.2) is 0 Å². The molecular formula is C11H19NO2. The zero-order valence-corrected chi connectivity index (χ0v) is 9.21. The van der Waals surface area contributed by atoms with E-state index in [1.807, 2.05) is 26.8 Å². The SMILES string of the molecule is CCC=C(C)C(=O)N1CC(O)(CC)C1. The number of nitrogens with zero attached hydrogens (tertiary/aromatic N) is 1. The maximum Gasteiger partial charge on any atom is 0.249 e. The number of likely N-dealkylation sites (tertiary alicyclic amines) is 1. The lowest BCUT2D eigenvalue weighted by Crippen LogP contribution is -2.63. The van der Waals surface area contributed by atoms with Gasteiger partial charge in [0, 0.05) is 5.57 Å². The first-order chi connectivity index (χ1) is 6.52. The van der Waals surface area contributed by atoms with Gasteiger partial charge in [-0.15, -0.1) is 0 Å². The summed E-state index contributed by atoms with van der Waals surface area (Å²) in [5.41, 5.74) is 0.160. The van der Waals surface area contributed by atoms with Crippen LogP contribution in [0.2, 0.25) is 0 Å². The van der Waals surface area contributed by atoms with Crippen LogP contribution >= 0.6 is 0 Å². The number of allylic oxidation sites excluding steroid dienone is 1. The molecule has 0 radical (unpaired) electrons. The average Bonchev–Trinajstić information content (AvgIpc) is 2.12. The molecule has 3 nitrogen and oxygen atoms in total. The highest BCUT2D eigenvalue weighted by Crippen LogP contribution is 2.25. The largest absolute Gasteiger partial charge is 0.386 e. The lowest BCUT2D eigenvalue weighted by atomic mass is 9.90. The van der Waals surface area contributed by atoms with Gasteiger partial charge in [-0.3, -0.25) is 4.79 Å². The second-order valence-electron chi connectivity index (χ2n) is 4.03. The van der Waals surface area contributed by atoms with Gasteiger partial charge in [-0.1, -0.05) is 19.9 Å². The third kappa shape index (κ3) is 2.15. The molecule has 0 aliphatic carbocycles. The fraction of sp³-hybridized carbons (Fsp3) is 0.727. The summed E-state index contributed by atoms with van der Waals surface area (Å²) in [6, 6.07) is 0. The molecule has 3 heteroatoms. The van der Waals surface area contributed by atoms with Crippen LogP contribution in [-0.4, -0.2) is 34.6 Å². The van der Waals surface area contributed by atoms with E-state index in [1.165, 1.54) is 0 Å². The molecule has 1 saturated heterocycles. The van der Waals surface area contributed by atoms with Crippen LogP contribution in [0.25, 0.3) is 0 Å². The minimum absolute atomic E-state index is 0.0602. The monoisotopic (exact) mass is 197 g/mol. The van der Waals surface area contributed by atoms with E-state index in [0.29, 0.717) is 19.5 Å². The molecule has 1 N–H and O–H groups in total. The van der Waals surface area contributed by atoms with E-state index in [2.05, 4.69) is 0 Å². The van der Waals surface area contributed by atoms with Gasteiger partial charge in [-0.05, 0) is 19.8 Å². The predicted molar refractivity (Wildman–Crippen MR) is 55.9 cm³/mol. The highest BCUT2D eigenvalue weighted by atomic mass is 16.3. The Morgan fingerprint density at radius 3 is 2.50 bits per heavy atom. The minimum atomic E-state index is -0.623. The van der Waals surface area contributed by atoms with Crippen LogP contribution in [0.5, 0.6) is 0 Å². The van der Waals surface area contributed by atoms with Crippen LogP contribution in [0, 0.1) is 0 Å². The third-order valence-corrected chi connectivity index (χ3v) is 2.76. The number of carbonyl (C=O) groups excluding carboxylic acids is 1. The van der Waals surface area contributed by atoms with Crippen molar-refractivity contribution in [2.75, 3.05) is 13.1 Å². The van der Waals surface area contributed by atoms with Gasteiger partial charge in [0.1, 0.15) is 0 Å². The topological polar surface area (TPSA) is 40.5 Å². The standard InChI is InChI=1S/C11H19NO2/c1-4-6-9(3)10(13)12-7-11(14,5-2)8-12/h6,14H,4-5,7-8H2,1-3H3. The molecule has 0 saturated carbocycles. The van der Waals surface area contributed by atoms with Crippen molar-refractivity contribution in [1.29, 1.82) is 0 Å². The number of hydrogen-bond acceptors (Lipinski definition) is 2. The lowest BCUT2D eigenvalue weighted by molar-refractivity contribution is -0.151. The normalized spacial score (nSPS) is 20.6. The molecule has 0 aromatic carbocycles. The van der Waals surface area contributed by atoms with Gasteiger partial charge >= 0.3 is 0 Å². The van der Waals surface area contributed by atoms with Crippen molar-refractivity contribution in [3.63, 3.8) is 0 Å². The Labute approximate surface area is 85.4 Å². The van der Waals surface area contributed by atoms with Crippen LogP contribution in [0.15, 0.2) is 11.6 Å². The summed E-state index contributed by atoms with van der Waals surface area (Å²) < 4.78 is 0. The first kappa shape index (κ1) is 11.2. The Balaban J connectivity index is 2.48. The van der Waals surface area contributed by atoms with E-state index < -0.39 is 5.60 Å². The molecule has 0 unspecified atom stereocenters. The van der Waals surface area contributed by atoms with Crippen LogP contribution < -0.4 is 0 Å². The quantitative estimate of drug-likeness (QED) is 0.693. The van der Waals surface area contributed by atoms with Crippen molar-refractivity contribution in [2.24, 2.45) is 0 Å². The summed E-state index contributed by atoms with van der Waals surface area (Å²) in [6.07, 6.45) is 3.52. The molecule has 1 amide bonds. The van der Waals surface area contributed by atoms with Gasteiger partial charge in [-0.25, -0.2) is 0 Å². The number of rotatable bonds is 3. The molecule has 0 bridgehead atoms. The molecule has 14 heavy (non-hydrogen) atoms. The summed E-state index contributed by atoms with van der Waals surface area (Å²) in [5, 5.41) is 9.74. The second kappa shape index (κ2) is 4.13. The number of amides is 1. The smallest absolute Gasteiger partial charge is 0.249 e. The van der Waals surface area contributed by atoms with Gasteiger partial charge < -0.3 is 10.0 Å². The Kier molecular flexibility index (Phi) is 3.32. The van der Waals surface area contributed by atoms with Gasteiger partial charge in [0.2, 0.25) is 5.91 Å². The van der Waals surface area contributed by atoms with Crippen LogP contribution in [0.3, 0.4) is 0 Å².